The zero-order valence-electron chi connectivity index (χ0n) is 20.0. The maximum absolute atomic E-state index is 13.3. The van der Waals surface area contributed by atoms with E-state index in [-0.39, 0.29) is 18.5 Å². The zero-order chi connectivity index (χ0) is 24.1. The fourth-order valence-electron chi connectivity index (χ4n) is 3.36. The Balaban J connectivity index is 2.12. The second kappa shape index (κ2) is 14.1. The Morgan fingerprint density at radius 3 is 2.45 bits per heavy atom. The third kappa shape index (κ3) is 8.34. The van der Waals surface area contributed by atoms with Gasteiger partial charge in [-0.15, -0.1) is 0 Å². The van der Waals surface area contributed by atoms with Gasteiger partial charge in [0.1, 0.15) is 12.3 Å². The van der Waals surface area contributed by atoms with Gasteiger partial charge in [-0.25, -0.2) is 4.79 Å². The Hall–Kier alpha value is -3.20. The van der Waals surface area contributed by atoms with E-state index >= 15 is 0 Å². The van der Waals surface area contributed by atoms with E-state index in [1.807, 2.05) is 31.2 Å². The van der Waals surface area contributed by atoms with Crippen molar-refractivity contribution in [3.05, 3.63) is 47.9 Å². The summed E-state index contributed by atoms with van der Waals surface area (Å²) < 4.78 is 21.2. The Labute approximate surface area is 195 Å². The van der Waals surface area contributed by atoms with Crippen molar-refractivity contribution in [1.29, 1.82) is 0 Å². The average Bonchev–Trinajstić information content (AvgIpc) is 3.34. The number of nitrogens with zero attached hydrogens (tertiary/aromatic N) is 2. The Bertz CT molecular complexity index is 856. The first kappa shape index (κ1) is 26.1. The molecule has 2 aromatic rings. The normalized spacial score (nSPS) is 10.5. The first-order valence-corrected chi connectivity index (χ1v) is 11.0. The number of furan rings is 1. The molecule has 9 heteroatoms. The maximum atomic E-state index is 13.3. The number of rotatable bonds is 14. The molecule has 1 N–H and O–H groups in total. The average molecular weight is 462 g/mol. The fourth-order valence-corrected chi connectivity index (χ4v) is 3.36. The van der Waals surface area contributed by atoms with Gasteiger partial charge < -0.3 is 33.7 Å². The summed E-state index contributed by atoms with van der Waals surface area (Å²) in [7, 11) is 4.79. The molecule has 0 saturated carbocycles. The van der Waals surface area contributed by atoms with E-state index in [9.17, 15) is 9.59 Å². The minimum absolute atomic E-state index is 0.0256. The summed E-state index contributed by atoms with van der Waals surface area (Å²) in [6.45, 7) is 4.02. The minimum Gasteiger partial charge on any atom is -0.493 e. The van der Waals surface area contributed by atoms with Gasteiger partial charge in [0.25, 0.3) is 0 Å². The number of hydrogen-bond donors (Lipinski definition) is 1. The molecule has 0 spiro atoms. The highest BCUT2D eigenvalue weighted by atomic mass is 16.5. The van der Waals surface area contributed by atoms with Gasteiger partial charge in [-0.05, 0) is 49.6 Å². The molecule has 0 bridgehead atoms. The Kier molecular flexibility index (Phi) is 11.1. The molecule has 33 heavy (non-hydrogen) atoms. The predicted octanol–water partition coefficient (Wildman–Crippen LogP) is 2.94. The van der Waals surface area contributed by atoms with Gasteiger partial charge in [-0.1, -0.05) is 6.07 Å². The molecule has 9 nitrogen and oxygen atoms in total. The van der Waals surface area contributed by atoms with Gasteiger partial charge in [0.15, 0.2) is 11.5 Å². The summed E-state index contributed by atoms with van der Waals surface area (Å²) in [5.74, 6) is 1.81. The molecule has 2 rings (SSSR count). The molecule has 1 aromatic carbocycles. The topological polar surface area (TPSA) is 93.5 Å². The molecule has 0 aliphatic carbocycles. The van der Waals surface area contributed by atoms with Crippen molar-refractivity contribution in [2.75, 3.05) is 54.1 Å². The first-order chi connectivity index (χ1) is 16.0. The smallest absolute Gasteiger partial charge is 0.317 e. The minimum atomic E-state index is -0.264. The van der Waals surface area contributed by atoms with E-state index in [2.05, 4.69) is 5.32 Å². The number of nitrogens with one attached hydrogen (secondary N) is 1. The number of benzene rings is 1. The van der Waals surface area contributed by atoms with E-state index in [4.69, 9.17) is 18.6 Å². The van der Waals surface area contributed by atoms with Crippen LogP contribution in [0, 0.1) is 0 Å². The summed E-state index contributed by atoms with van der Waals surface area (Å²) >= 11 is 0. The molecule has 0 radical (unpaired) electrons. The first-order valence-electron chi connectivity index (χ1n) is 11.0. The van der Waals surface area contributed by atoms with Crippen LogP contribution >= 0.6 is 0 Å². The third-order valence-electron chi connectivity index (χ3n) is 5.12. The van der Waals surface area contributed by atoms with Crippen LogP contribution in [0.25, 0.3) is 0 Å². The van der Waals surface area contributed by atoms with E-state index in [0.717, 1.165) is 5.56 Å². The summed E-state index contributed by atoms with van der Waals surface area (Å²) in [5.41, 5.74) is 1.01. The highest BCUT2D eigenvalue weighted by molar-refractivity contribution is 5.84. The van der Waals surface area contributed by atoms with Gasteiger partial charge in [0.2, 0.25) is 5.91 Å². The van der Waals surface area contributed by atoms with Gasteiger partial charge in [0, 0.05) is 33.4 Å². The summed E-state index contributed by atoms with van der Waals surface area (Å²) in [6.07, 6.45) is 2.83. The molecular formula is C24H35N3O6. The Morgan fingerprint density at radius 1 is 1.03 bits per heavy atom. The highest BCUT2D eigenvalue weighted by Gasteiger charge is 2.22. The molecule has 1 heterocycles. The lowest BCUT2D eigenvalue weighted by Gasteiger charge is -2.27. The van der Waals surface area contributed by atoms with Gasteiger partial charge >= 0.3 is 6.03 Å². The number of urea groups is 1. The molecule has 0 fully saturated rings. The monoisotopic (exact) mass is 461 g/mol. The summed E-state index contributed by atoms with van der Waals surface area (Å²) in [4.78, 5) is 29.0. The Morgan fingerprint density at radius 2 is 1.82 bits per heavy atom. The van der Waals surface area contributed by atoms with Crippen LogP contribution in [-0.2, 0) is 22.5 Å². The van der Waals surface area contributed by atoms with Crippen molar-refractivity contribution in [2.45, 2.75) is 26.3 Å². The number of hydrogen-bond acceptors (Lipinski definition) is 6. The van der Waals surface area contributed by atoms with Crippen LogP contribution in [0.4, 0.5) is 4.79 Å². The second-order valence-corrected chi connectivity index (χ2v) is 7.44. The molecule has 3 amide bonds. The van der Waals surface area contributed by atoms with Crippen molar-refractivity contribution >= 4 is 11.9 Å². The second-order valence-electron chi connectivity index (χ2n) is 7.44. The molecule has 0 aliphatic heterocycles. The van der Waals surface area contributed by atoms with Crippen molar-refractivity contribution in [3.63, 3.8) is 0 Å². The quantitative estimate of drug-likeness (QED) is 0.435. The van der Waals surface area contributed by atoms with Crippen LogP contribution in [-0.4, -0.2) is 75.9 Å². The van der Waals surface area contributed by atoms with Crippen LogP contribution in [0.5, 0.6) is 11.5 Å². The third-order valence-corrected chi connectivity index (χ3v) is 5.12. The van der Waals surface area contributed by atoms with Crippen LogP contribution in [0.2, 0.25) is 0 Å². The lowest BCUT2D eigenvalue weighted by molar-refractivity contribution is -0.132. The summed E-state index contributed by atoms with van der Waals surface area (Å²) in [6, 6.07) is 9.05. The molecule has 0 atom stereocenters. The maximum Gasteiger partial charge on any atom is 0.317 e. The molecule has 0 aliphatic rings. The van der Waals surface area contributed by atoms with Crippen molar-refractivity contribution < 1.29 is 28.2 Å². The standard InChI is InChI=1S/C24H35N3O6/c1-5-25-24(29)27(12-7-14-30-2)18-23(28)26(17-20-8-6-15-33-20)13-11-19-9-10-21(31-3)22(16-19)32-4/h6,8-10,15-16H,5,7,11-14,17-18H2,1-4H3,(H,25,29). The van der Waals surface area contributed by atoms with Crippen molar-refractivity contribution in [1.82, 2.24) is 15.1 Å². The molecule has 182 valence electrons. The number of methoxy groups -OCH3 is 3. The van der Waals surface area contributed by atoms with E-state index in [1.54, 1.807) is 38.6 Å². The van der Waals surface area contributed by atoms with Crippen LogP contribution < -0.4 is 14.8 Å². The number of carbonyl (C=O) groups is 2. The molecule has 0 saturated heterocycles. The molecular weight excluding hydrogens is 426 g/mol. The van der Waals surface area contributed by atoms with E-state index in [1.165, 1.54) is 4.90 Å². The van der Waals surface area contributed by atoms with Crippen molar-refractivity contribution in [2.24, 2.45) is 0 Å². The lowest BCUT2D eigenvalue weighted by Crippen LogP contribution is -2.47. The highest BCUT2D eigenvalue weighted by Crippen LogP contribution is 2.27. The predicted molar refractivity (Wildman–Crippen MR) is 125 cm³/mol. The van der Waals surface area contributed by atoms with Crippen LogP contribution in [0.15, 0.2) is 41.0 Å². The van der Waals surface area contributed by atoms with E-state index < -0.39 is 0 Å². The molecule has 0 unspecified atom stereocenters. The summed E-state index contributed by atoms with van der Waals surface area (Å²) in [5, 5.41) is 2.77. The number of carbonyl (C=O) groups excluding carboxylic acids is 2. The number of amides is 3. The largest absolute Gasteiger partial charge is 0.493 e. The van der Waals surface area contributed by atoms with Gasteiger partial charge in [-0.3, -0.25) is 4.79 Å². The lowest BCUT2D eigenvalue weighted by atomic mass is 10.1. The van der Waals surface area contributed by atoms with Crippen LogP contribution in [0.1, 0.15) is 24.7 Å². The van der Waals surface area contributed by atoms with Gasteiger partial charge in [-0.2, -0.15) is 0 Å². The number of ether oxygens (including phenoxy) is 3. The molecule has 1 aromatic heterocycles. The van der Waals surface area contributed by atoms with E-state index in [0.29, 0.717) is 62.9 Å². The van der Waals surface area contributed by atoms with Gasteiger partial charge in [0.05, 0.1) is 27.0 Å². The van der Waals surface area contributed by atoms with Crippen LogP contribution in [0.3, 0.4) is 0 Å². The van der Waals surface area contributed by atoms with Crippen molar-refractivity contribution in [3.8, 4) is 11.5 Å². The SMILES string of the molecule is CCNC(=O)N(CCCOC)CC(=O)N(CCc1ccc(OC)c(OC)c1)Cc1ccco1. The fraction of sp³-hybridized carbons (Fsp3) is 0.500. The zero-order valence-corrected chi connectivity index (χ0v) is 20.0.